The van der Waals surface area contributed by atoms with Gasteiger partial charge in [0.25, 0.3) is 0 Å². The minimum Gasteiger partial charge on any atom is -0.224 e. The molecule has 0 aliphatic rings. The van der Waals surface area contributed by atoms with Crippen molar-refractivity contribution in [3.05, 3.63) is 30.1 Å². The van der Waals surface area contributed by atoms with Crippen molar-refractivity contribution < 1.29 is 12.8 Å². The van der Waals surface area contributed by atoms with Crippen molar-refractivity contribution in [3.63, 3.8) is 0 Å². The first-order chi connectivity index (χ1) is 6.56. The molecule has 0 heterocycles. The van der Waals surface area contributed by atoms with E-state index in [0.29, 0.717) is 11.8 Å². The predicted octanol–water partition coefficient (Wildman–Crippen LogP) is 2.38. The molecular weight excluding hydrogens is 271 g/mol. The van der Waals surface area contributed by atoms with Gasteiger partial charge in [-0.25, -0.2) is 12.8 Å². The third kappa shape index (κ3) is 3.06. The van der Waals surface area contributed by atoms with Crippen LogP contribution < -0.4 is 0 Å². The molecule has 0 bridgehead atoms. The summed E-state index contributed by atoms with van der Waals surface area (Å²) in [6.07, 6.45) is 0.555. The van der Waals surface area contributed by atoms with E-state index in [1.807, 2.05) is 0 Å². The average Bonchev–Trinajstić information content (AvgIpc) is 2.16. The van der Waals surface area contributed by atoms with Crippen LogP contribution in [0.1, 0.15) is 6.42 Å². The fourth-order valence-electron chi connectivity index (χ4n) is 1.00. The Balaban J connectivity index is 2.87. The molecule has 0 radical (unpaired) electrons. The molecule has 0 aromatic heterocycles. The second-order valence-electron chi connectivity index (χ2n) is 2.82. The van der Waals surface area contributed by atoms with Crippen LogP contribution in [0.3, 0.4) is 0 Å². The topological polar surface area (TPSA) is 34.1 Å². The first-order valence-electron chi connectivity index (χ1n) is 4.10. The van der Waals surface area contributed by atoms with Crippen molar-refractivity contribution in [2.75, 3.05) is 11.1 Å². The highest BCUT2D eigenvalue weighted by Crippen LogP contribution is 2.12. The Kier molecular flexibility index (Phi) is 4.07. The second-order valence-corrected chi connectivity index (χ2v) is 5.72. The van der Waals surface area contributed by atoms with Gasteiger partial charge in [-0.1, -0.05) is 15.9 Å². The summed E-state index contributed by atoms with van der Waals surface area (Å²) in [6, 6.07) is 4.89. The minimum atomic E-state index is -3.24. The number of sulfone groups is 1. The molecule has 0 fully saturated rings. The lowest BCUT2D eigenvalue weighted by molar-refractivity contribution is 0.593. The predicted molar refractivity (Wildman–Crippen MR) is 56.9 cm³/mol. The Labute approximate surface area is 91.2 Å². The summed E-state index contributed by atoms with van der Waals surface area (Å²) < 4.78 is 35.6. The number of benzene rings is 1. The van der Waals surface area contributed by atoms with Gasteiger partial charge in [-0.3, -0.25) is 0 Å². The highest BCUT2D eigenvalue weighted by atomic mass is 79.9. The smallest absolute Gasteiger partial charge is 0.178 e. The van der Waals surface area contributed by atoms with Gasteiger partial charge >= 0.3 is 0 Å². The molecule has 0 saturated heterocycles. The molecule has 0 unspecified atom stereocenters. The van der Waals surface area contributed by atoms with Gasteiger partial charge in [0.15, 0.2) is 9.84 Å². The number of alkyl halides is 1. The molecule has 0 atom stereocenters. The Morgan fingerprint density at radius 3 is 2.29 bits per heavy atom. The van der Waals surface area contributed by atoms with Crippen molar-refractivity contribution in [1.82, 2.24) is 0 Å². The fourth-order valence-corrected chi connectivity index (χ4v) is 2.97. The van der Waals surface area contributed by atoms with Gasteiger partial charge < -0.3 is 0 Å². The summed E-state index contributed by atoms with van der Waals surface area (Å²) in [5.74, 6) is -0.339. The molecule has 1 aromatic carbocycles. The summed E-state index contributed by atoms with van der Waals surface area (Å²) in [5.41, 5.74) is 0. The van der Waals surface area contributed by atoms with Crippen LogP contribution in [0.15, 0.2) is 29.2 Å². The largest absolute Gasteiger partial charge is 0.224 e. The number of rotatable bonds is 4. The first kappa shape index (κ1) is 11.7. The normalized spacial score (nSPS) is 11.6. The van der Waals surface area contributed by atoms with E-state index in [2.05, 4.69) is 15.9 Å². The molecule has 1 aromatic rings. The summed E-state index contributed by atoms with van der Waals surface area (Å²) in [4.78, 5) is 0.180. The Hall–Kier alpha value is -0.420. The van der Waals surface area contributed by atoms with E-state index in [-0.39, 0.29) is 10.6 Å². The molecule has 0 aliphatic carbocycles. The first-order valence-corrected chi connectivity index (χ1v) is 6.88. The van der Waals surface area contributed by atoms with Gasteiger partial charge in [0, 0.05) is 5.33 Å². The third-order valence-corrected chi connectivity index (χ3v) is 4.10. The van der Waals surface area contributed by atoms with E-state index >= 15 is 0 Å². The zero-order valence-electron chi connectivity index (χ0n) is 7.41. The van der Waals surface area contributed by atoms with Crippen molar-refractivity contribution in [1.29, 1.82) is 0 Å². The van der Waals surface area contributed by atoms with Crippen molar-refractivity contribution in [2.24, 2.45) is 0 Å². The van der Waals surface area contributed by atoms with E-state index in [4.69, 9.17) is 0 Å². The molecule has 0 N–H and O–H groups in total. The summed E-state index contributed by atoms with van der Waals surface area (Å²) in [7, 11) is -3.24. The highest BCUT2D eigenvalue weighted by molar-refractivity contribution is 9.09. The molecule has 14 heavy (non-hydrogen) atoms. The maximum atomic E-state index is 12.5. The number of halogens is 2. The maximum absolute atomic E-state index is 12.5. The van der Waals surface area contributed by atoms with Gasteiger partial charge in [0.2, 0.25) is 0 Å². The average molecular weight is 281 g/mol. The van der Waals surface area contributed by atoms with Crippen LogP contribution in [-0.2, 0) is 9.84 Å². The lowest BCUT2D eigenvalue weighted by atomic mass is 10.4. The standard InChI is InChI=1S/C9H10BrFO2S/c10-6-1-7-14(12,13)9-4-2-8(11)3-5-9/h2-5H,1,6-7H2. The summed E-state index contributed by atoms with van der Waals surface area (Å²) in [5, 5.41) is 0.646. The Bertz CT molecular complexity index is 386. The molecule has 1 rings (SSSR count). The minimum absolute atomic E-state index is 0.0872. The quantitative estimate of drug-likeness (QED) is 0.627. The van der Waals surface area contributed by atoms with E-state index in [1.165, 1.54) is 12.1 Å². The molecule has 78 valence electrons. The Morgan fingerprint density at radius 1 is 1.21 bits per heavy atom. The van der Waals surface area contributed by atoms with Crippen LogP contribution in [0.5, 0.6) is 0 Å². The van der Waals surface area contributed by atoms with E-state index in [0.717, 1.165) is 12.1 Å². The van der Waals surface area contributed by atoms with Gasteiger partial charge in [-0.05, 0) is 30.7 Å². The number of hydrogen-bond acceptors (Lipinski definition) is 2. The van der Waals surface area contributed by atoms with E-state index in [9.17, 15) is 12.8 Å². The molecule has 2 nitrogen and oxygen atoms in total. The third-order valence-electron chi connectivity index (χ3n) is 1.72. The van der Waals surface area contributed by atoms with Crippen LogP contribution in [0, 0.1) is 5.82 Å². The van der Waals surface area contributed by atoms with Gasteiger partial charge in [-0.2, -0.15) is 0 Å². The van der Waals surface area contributed by atoms with E-state index in [1.54, 1.807) is 0 Å². The van der Waals surface area contributed by atoms with Crippen LogP contribution in [0.25, 0.3) is 0 Å². The van der Waals surface area contributed by atoms with E-state index < -0.39 is 15.7 Å². The van der Waals surface area contributed by atoms with Gasteiger partial charge in [-0.15, -0.1) is 0 Å². The van der Waals surface area contributed by atoms with Crippen molar-refractivity contribution in [2.45, 2.75) is 11.3 Å². The Morgan fingerprint density at radius 2 is 1.79 bits per heavy atom. The van der Waals surface area contributed by atoms with Gasteiger partial charge in [0.05, 0.1) is 10.6 Å². The molecule has 0 aliphatic heterocycles. The molecular formula is C9H10BrFO2S. The van der Waals surface area contributed by atoms with Crippen LogP contribution in [-0.4, -0.2) is 19.5 Å². The lowest BCUT2D eigenvalue weighted by Crippen LogP contribution is -2.07. The maximum Gasteiger partial charge on any atom is 0.178 e. The van der Waals surface area contributed by atoms with Crippen LogP contribution >= 0.6 is 15.9 Å². The highest BCUT2D eigenvalue weighted by Gasteiger charge is 2.13. The SMILES string of the molecule is O=S(=O)(CCCBr)c1ccc(F)cc1. The fraction of sp³-hybridized carbons (Fsp3) is 0.333. The zero-order valence-corrected chi connectivity index (χ0v) is 9.81. The second kappa shape index (κ2) is 4.89. The summed E-state index contributed by atoms with van der Waals surface area (Å²) in [6.45, 7) is 0. The molecule has 0 amide bonds. The van der Waals surface area contributed by atoms with Gasteiger partial charge in [0.1, 0.15) is 5.82 Å². The van der Waals surface area contributed by atoms with Crippen molar-refractivity contribution in [3.8, 4) is 0 Å². The zero-order chi connectivity index (χ0) is 10.6. The van der Waals surface area contributed by atoms with Crippen molar-refractivity contribution >= 4 is 25.8 Å². The monoisotopic (exact) mass is 280 g/mol. The molecule has 5 heteroatoms. The number of hydrogen-bond donors (Lipinski definition) is 0. The molecule has 0 saturated carbocycles. The lowest BCUT2D eigenvalue weighted by Gasteiger charge is -2.02. The van der Waals surface area contributed by atoms with Crippen LogP contribution in [0.2, 0.25) is 0 Å². The van der Waals surface area contributed by atoms with Crippen LogP contribution in [0.4, 0.5) is 4.39 Å². The summed E-state index contributed by atoms with van der Waals surface area (Å²) >= 11 is 3.16. The molecule has 0 spiro atoms.